The van der Waals surface area contributed by atoms with Gasteiger partial charge in [-0.25, -0.2) is 14.2 Å². The maximum atomic E-state index is 13.8. The van der Waals surface area contributed by atoms with Gasteiger partial charge in [0.25, 0.3) is 0 Å². The topological polar surface area (TPSA) is 68.0 Å². The third kappa shape index (κ3) is 1.91. The lowest BCUT2D eigenvalue weighted by Gasteiger charge is -2.04. The molecule has 0 fully saturated rings. The molecule has 1 N–H and O–H groups in total. The zero-order valence-electron chi connectivity index (χ0n) is 10.5. The number of aryl methyl sites for hydroxylation is 1. The van der Waals surface area contributed by atoms with Crippen molar-refractivity contribution in [2.24, 2.45) is 7.05 Å². The summed E-state index contributed by atoms with van der Waals surface area (Å²) in [5.41, 5.74) is 1.26. The van der Waals surface area contributed by atoms with Crippen LogP contribution in [0.2, 0.25) is 0 Å². The molecule has 0 radical (unpaired) electrons. The lowest BCUT2D eigenvalue weighted by molar-refractivity contribution is 0.0690. The molecule has 0 aliphatic carbocycles. The van der Waals surface area contributed by atoms with Crippen molar-refractivity contribution in [1.29, 1.82) is 0 Å². The maximum absolute atomic E-state index is 13.8. The van der Waals surface area contributed by atoms with Crippen molar-refractivity contribution >= 4 is 16.9 Å². The summed E-state index contributed by atoms with van der Waals surface area (Å²) in [6.45, 7) is 0. The fourth-order valence-electron chi connectivity index (χ4n) is 2.07. The summed E-state index contributed by atoms with van der Waals surface area (Å²) < 4.78 is 15.6. The lowest BCUT2D eigenvalue weighted by Crippen LogP contribution is -2.02. The van der Waals surface area contributed by atoms with Gasteiger partial charge in [-0.05, 0) is 24.3 Å². The highest BCUT2D eigenvalue weighted by molar-refractivity contribution is 5.87. The largest absolute Gasteiger partial charge is 0.477 e. The molecule has 3 rings (SSSR count). The van der Waals surface area contributed by atoms with Crippen molar-refractivity contribution in [3.05, 3.63) is 48.0 Å². The Morgan fingerprint density at radius 3 is 2.85 bits per heavy atom. The summed E-state index contributed by atoms with van der Waals surface area (Å²) in [5, 5.41) is 13.9. The van der Waals surface area contributed by atoms with Gasteiger partial charge in [-0.15, -0.1) is 0 Å². The van der Waals surface area contributed by atoms with Crippen LogP contribution in [0.1, 0.15) is 10.5 Å². The van der Waals surface area contributed by atoms with Crippen LogP contribution in [-0.4, -0.2) is 25.8 Å². The number of carbonyl (C=O) groups is 1. The number of halogens is 1. The molecule has 0 unspecified atom stereocenters. The van der Waals surface area contributed by atoms with Gasteiger partial charge in [-0.3, -0.25) is 4.68 Å². The number of rotatable bonds is 2. The quantitative estimate of drug-likeness (QED) is 0.777. The van der Waals surface area contributed by atoms with Crippen LogP contribution in [0.5, 0.6) is 0 Å². The van der Waals surface area contributed by atoms with Crippen LogP contribution in [-0.2, 0) is 7.05 Å². The normalized spacial score (nSPS) is 10.9. The highest BCUT2D eigenvalue weighted by Crippen LogP contribution is 2.25. The second-order valence-corrected chi connectivity index (χ2v) is 4.37. The van der Waals surface area contributed by atoms with Crippen molar-refractivity contribution in [2.45, 2.75) is 0 Å². The highest BCUT2D eigenvalue weighted by atomic mass is 19.1. The van der Waals surface area contributed by atoms with Crippen LogP contribution in [0.3, 0.4) is 0 Å². The third-order valence-electron chi connectivity index (χ3n) is 3.08. The molecule has 20 heavy (non-hydrogen) atoms. The van der Waals surface area contributed by atoms with Crippen LogP contribution >= 0.6 is 0 Å². The third-order valence-corrected chi connectivity index (χ3v) is 3.08. The summed E-state index contributed by atoms with van der Waals surface area (Å²) in [6.07, 6.45) is 1.66. The molecule has 0 aliphatic rings. The number of aromatic nitrogens is 3. The second-order valence-electron chi connectivity index (χ2n) is 4.37. The SMILES string of the molecule is Cn1ncc2cc(-c3nc(C(=O)O)ccc3F)ccc21. The molecular weight excluding hydrogens is 261 g/mol. The zero-order chi connectivity index (χ0) is 14.3. The Kier molecular flexibility index (Phi) is 2.71. The molecule has 0 spiro atoms. The minimum absolute atomic E-state index is 0.0238. The number of aromatic carboxylic acids is 1. The predicted molar refractivity (Wildman–Crippen MR) is 70.9 cm³/mol. The Morgan fingerprint density at radius 2 is 2.10 bits per heavy atom. The first-order valence-electron chi connectivity index (χ1n) is 5.88. The van der Waals surface area contributed by atoms with E-state index in [4.69, 9.17) is 5.11 Å². The predicted octanol–water partition coefficient (Wildman–Crippen LogP) is 2.47. The molecule has 0 saturated carbocycles. The Balaban J connectivity index is 2.19. The van der Waals surface area contributed by atoms with Gasteiger partial charge in [-0.1, -0.05) is 6.07 Å². The molecular formula is C14H10FN3O2. The maximum Gasteiger partial charge on any atom is 0.354 e. The zero-order valence-corrected chi connectivity index (χ0v) is 10.5. The molecule has 2 heterocycles. The first-order chi connectivity index (χ1) is 9.56. The number of hydrogen-bond acceptors (Lipinski definition) is 3. The van der Waals surface area contributed by atoms with E-state index in [2.05, 4.69) is 10.1 Å². The van der Waals surface area contributed by atoms with Crippen molar-refractivity contribution in [2.75, 3.05) is 0 Å². The average Bonchev–Trinajstić information content (AvgIpc) is 2.80. The minimum atomic E-state index is -1.19. The van der Waals surface area contributed by atoms with Gasteiger partial charge >= 0.3 is 5.97 Å². The molecule has 2 aromatic heterocycles. The molecule has 6 heteroatoms. The van der Waals surface area contributed by atoms with Crippen LogP contribution in [0, 0.1) is 5.82 Å². The summed E-state index contributed by atoms with van der Waals surface area (Å²) >= 11 is 0. The Bertz CT molecular complexity index is 826. The number of carboxylic acids is 1. The number of benzene rings is 1. The van der Waals surface area contributed by atoms with Crippen molar-refractivity contribution in [3.63, 3.8) is 0 Å². The monoisotopic (exact) mass is 271 g/mol. The Labute approximate surface area is 113 Å². The lowest BCUT2D eigenvalue weighted by atomic mass is 10.1. The van der Waals surface area contributed by atoms with E-state index in [1.165, 1.54) is 0 Å². The molecule has 0 atom stereocenters. The van der Waals surface area contributed by atoms with Gasteiger partial charge in [0, 0.05) is 18.0 Å². The molecule has 3 aromatic rings. The number of carboxylic acid groups (broad SMARTS) is 1. The summed E-state index contributed by atoms with van der Waals surface area (Å²) in [4.78, 5) is 14.8. The summed E-state index contributed by atoms with van der Waals surface area (Å²) in [6, 6.07) is 7.48. The molecule has 1 aromatic carbocycles. The first-order valence-corrected chi connectivity index (χ1v) is 5.88. The van der Waals surface area contributed by atoms with E-state index in [1.54, 1.807) is 29.1 Å². The standard InChI is InChI=1S/C14H10FN3O2/c1-18-12-5-2-8(6-9(12)7-16-18)13-10(15)3-4-11(17-13)14(19)20/h2-7H,1H3,(H,19,20). The minimum Gasteiger partial charge on any atom is -0.477 e. The van der Waals surface area contributed by atoms with E-state index in [1.807, 2.05) is 7.05 Å². The molecule has 5 nitrogen and oxygen atoms in total. The first kappa shape index (κ1) is 12.3. The van der Waals surface area contributed by atoms with Crippen LogP contribution in [0.4, 0.5) is 4.39 Å². The van der Waals surface area contributed by atoms with E-state index in [0.717, 1.165) is 23.0 Å². The van der Waals surface area contributed by atoms with Gasteiger partial charge in [0.1, 0.15) is 17.2 Å². The van der Waals surface area contributed by atoms with E-state index >= 15 is 0 Å². The summed E-state index contributed by atoms with van der Waals surface area (Å²) in [5.74, 6) is -1.74. The van der Waals surface area contributed by atoms with Crippen molar-refractivity contribution in [1.82, 2.24) is 14.8 Å². The fraction of sp³-hybridized carbons (Fsp3) is 0.0714. The number of nitrogens with zero attached hydrogens (tertiary/aromatic N) is 3. The number of hydrogen-bond donors (Lipinski definition) is 1. The van der Waals surface area contributed by atoms with E-state index in [0.29, 0.717) is 5.56 Å². The van der Waals surface area contributed by atoms with E-state index in [9.17, 15) is 9.18 Å². The van der Waals surface area contributed by atoms with Gasteiger partial charge < -0.3 is 5.11 Å². The van der Waals surface area contributed by atoms with Gasteiger partial charge in [0.05, 0.1) is 11.7 Å². The molecule has 0 amide bonds. The van der Waals surface area contributed by atoms with Crippen molar-refractivity contribution < 1.29 is 14.3 Å². The van der Waals surface area contributed by atoms with Gasteiger partial charge in [-0.2, -0.15) is 5.10 Å². The molecule has 0 saturated heterocycles. The number of fused-ring (bicyclic) bond motifs is 1. The highest BCUT2D eigenvalue weighted by Gasteiger charge is 2.13. The Hall–Kier alpha value is -2.76. The van der Waals surface area contributed by atoms with E-state index in [-0.39, 0.29) is 11.4 Å². The van der Waals surface area contributed by atoms with E-state index < -0.39 is 11.8 Å². The molecule has 0 aliphatic heterocycles. The molecule has 0 bridgehead atoms. The number of pyridine rings is 1. The average molecular weight is 271 g/mol. The Morgan fingerprint density at radius 1 is 1.30 bits per heavy atom. The van der Waals surface area contributed by atoms with Gasteiger partial charge in [0.2, 0.25) is 0 Å². The van der Waals surface area contributed by atoms with Gasteiger partial charge in [0.15, 0.2) is 0 Å². The van der Waals surface area contributed by atoms with Crippen LogP contribution < -0.4 is 0 Å². The summed E-state index contributed by atoms with van der Waals surface area (Å²) in [7, 11) is 1.81. The smallest absolute Gasteiger partial charge is 0.354 e. The molecule has 100 valence electrons. The van der Waals surface area contributed by atoms with Crippen LogP contribution in [0.15, 0.2) is 36.5 Å². The fourth-order valence-corrected chi connectivity index (χ4v) is 2.07. The van der Waals surface area contributed by atoms with Crippen LogP contribution in [0.25, 0.3) is 22.2 Å². The van der Waals surface area contributed by atoms with Crippen molar-refractivity contribution in [3.8, 4) is 11.3 Å². The second kappa shape index (κ2) is 4.41.